The highest BCUT2D eigenvalue weighted by molar-refractivity contribution is 5.20. The summed E-state index contributed by atoms with van der Waals surface area (Å²) >= 11 is 0. The molecule has 5 heteroatoms. The molecule has 1 aliphatic rings. The molecule has 0 unspecified atom stereocenters. The maximum Gasteiger partial charge on any atom is 0.0807 e. The van der Waals surface area contributed by atoms with Gasteiger partial charge in [-0.15, -0.1) is 0 Å². The molecule has 0 aromatic carbocycles. The topological polar surface area (TPSA) is 48.1 Å². The first-order valence-electron chi connectivity index (χ1n) is 6.95. The highest BCUT2D eigenvalue weighted by Gasteiger charge is 2.20. The van der Waals surface area contributed by atoms with E-state index in [1.54, 1.807) is 0 Å². The Morgan fingerprint density at radius 2 is 2.00 bits per heavy atom. The second kappa shape index (κ2) is 6.18. The minimum Gasteiger partial charge on any atom is -0.298 e. The van der Waals surface area contributed by atoms with Crippen molar-refractivity contribution in [1.82, 2.24) is 19.6 Å². The van der Waals surface area contributed by atoms with Crippen LogP contribution in [0, 0.1) is 11.3 Å². The Hall–Kier alpha value is -1.38. The largest absolute Gasteiger partial charge is 0.298 e. The van der Waals surface area contributed by atoms with Crippen molar-refractivity contribution in [3.63, 3.8) is 0 Å². The molecule has 19 heavy (non-hydrogen) atoms. The van der Waals surface area contributed by atoms with Gasteiger partial charge in [0.1, 0.15) is 0 Å². The number of piperazine rings is 1. The number of nitriles is 1. The summed E-state index contributed by atoms with van der Waals surface area (Å²) in [5.74, 6) is 0. The van der Waals surface area contributed by atoms with Crippen molar-refractivity contribution in [3.05, 3.63) is 17.5 Å². The smallest absolute Gasteiger partial charge is 0.0807 e. The summed E-state index contributed by atoms with van der Waals surface area (Å²) in [5, 5.41) is 13.3. The van der Waals surface area contributed by atoms with Crippen LogP contribution in [0.1, 0.15) is 25.1 Å². The average molecular weight is 261 g/mol. The highest BCUT2D eigenvalue weighted by atomic mass is 15.3. The van der Waals surface area contributed by atoms with E-state index in [0.717, 1.165) is 44.0 Å². The maximum absolute atomic E-state index is 8.85. The van der Waals surface area contributed by atoms with Crippen molar-refractivity contribution in [3.8, 4) is 6.07 Å². The van der Waals surface area contributed by atoms with E-state index in [-0.39, 0.29) is 0 Å². The molecule has 2 heterocycles. The van der Waals surface area contributed by atoms with Crippen LogP contribution in [0.2, 0.25) is 0 Å². The van der Waals surface area contributed by atoms with Gasteiger partial charge in [-0.25, -0.2) is 0 Å². The van der Waals surface area contributed by atoms with Gasteiger partial charge >= 0.3 is 0 Å². The first-order chi connectivity index (χ1) is 9.10. The number of nitrogens with zero attached hydrogens (tertiary/aromatic N) is 5. The minimum absolute atomic E-state index is 0.454. The van der Waals surface area contributed by atoms with Crippen molar-refractivity contribution in [2.75, 3.05) is 26.2 Å². The van der Waals surface area contributed by atoms with Crippen LogP contribution in [0.5, 0.6) is 0 Å². The molecule has 0 aliphatic carbocycles. The van der Waals surface area contributed by atoms with E-state index in [1.807, 2.05) is 17.9 Å². The Morgan fingerprint density at radius 1 is 1.32 bits per heavy atom. The van der Waals surface area contributed by atoms with Gasteiger partial charge in [-0.1, -0.05) is 0 Å². The molecule has 0 amide bonds. The van der Waals surface area contributed by atoms with Gasteiger partial charge < -0.3 is 0 Å². The quantitative estimate of drug-likeness (QED) is 0.811. The van der Waals surface area contributed by atoms with E-state index >= 15 is 0 Å². The van der Waals surface area contributed by atoms with E-state index in [4.69, 9.17) is 5.26 Å². The van der Waals surface area contributed by atoms with E-state index < -0.39 is 0 Å². The lowest BCUT2D eigenvalue weighted by Crippen LogP contribution is -2.48. The van der Waals surface area contributed by atoms with Crippen LogP contribution in [-0.4, -0.2) is 51.8 Å². The van der Waals surface area contributed by atoms with Gasteiger partial charge in [-0.3, -0.25) is 14.5 Å². The summed E-state index contributed by atoms with van der Waals surface area (Å²) in [7, 11) is 1.92. The first-order valence-corrected chi connectivity index (χ1v) is 6.95. The lowest BCUT2D eigenvalue weighted by Gasteiger charge is -2.36. The van der Waals surface area contributed by atoms with E-state index in [1.165, 1.54) is 0 Å². The number of hydrogen-bond acceptors (Lipinski definition) is 4. The summed E-state index contributed by atoms with van der Waals surface area (Å²) in [6.45, 7) is 9.78. The third-order valence-electron chi connectivity index (χ3n) is 3.77. The van der Waals surface area contributed by atoms with Crippen LogP contribution in [0.15, 0.2) is 6.20 Å². The minimum atomic E-state index is 0.454. The Labute approximate surface area is 115 Å². The molecular formula is C14H23N5. The van der Waals surface area contributed by atoms with Gasteiger partial charge in [0.15, 0.2) is 0 Å². The molecular weight excluding hydrogens is 238 g/mol. The molecule has 0 saturated carbocycles. The molecule has 0 bridgehead atoms. The van der Waals surface area contributed by atoms with Crippen LogP contribution < -0.4 is 0 Å². The monoisotopic (exact) mass is 261 g/mol. The zero-order valence-corrected chi connectivity index (χ0v) is 12.1. The summed E-state index contributed by atoms with van der Waals surface area (Å²) in [6, 6.07) is 2.85. The fourth-order valence-corrected chi connectivity index (χ4v) is 2.60. The number of aromatic nitrogens is 2. The van der Waals surface area contributed by atoms with Gasteiger partial charge in [0.25, 0.3) is 0 Å². The molecule has 1 aromatic rings. The Balaban J connectivity index is 1.94. The molecule has 0 spiro atoms. The van der Waals surface area contributed by atoms with Crippen LogP contribution in [-0.2, 0) is 20.0 Å². The molecule has 0 N–H and O–H groups in total. The maximum atomic E-state index is 8.85. The molecule has 1 fully saturated rings. The van der Waals surface area contributed by atoms with Crippen LogP contribution in [0.4, 0.5) is 0 Å². The van der Waals surface area contributed by atoms with Crippen LogP contribution >= 0.6 is 0 Å². The van der Waals surface area contributed by atoms with E-state index in [2.05, 4.69) is 34.8 Å². The van der Waals surface area contributed by atoms with Gasteiger partial charge in [0.05, 0.1) is 18.2 Å². The Kier molecular flexibility index (Phi) is 4.56. The predicted octanol–water partition coefficient (Wildman–Crippen LogP) is 1.01. The molecule has 1 saturated heterocycles. The van der Waals surface area contributed by atoms with E-state index in [0.29, 0.717) is 12.5 Å². The summed E-state index contributed by atoms with van der Waals surface area (Å²) in [4.78, 5) is 4.94. The normalized spacial score (nSPS) is 17.8. The fourth-order valence-electron chi connectivity index (χ4n) is 2.60. The standard InChI is InChI=1S/C14H23N5/c1-12(2)19-8-6-18(7-9-19)11-14-13(4-5-15)10-17(3)16-14/h10,12H,4,6-9,11H2,1-3H3. The SMILES string of the molecule is CC(C)N1CCN(Cc2nn(C)cc2CC#N)CC1. The second-order valence-corrected chi connectivity index (χ2v) is 5.52. The molecule has 1 aliphatic heterocycles. The Bertz CT molecular complexity index is 449. The third-order valence-corrected chi connectivity index (χ3v) is 3.77. The van der Waals surface area contributed by atoms with Crippen molar-refractivity contribution in [2.45, 2.75) is 32.9 Å². The number of hydrogen-bond donors (Lipinski definition) is 0. The summed E-state index contributed by atoms with van der Waals surface area (Å²) in [5.41, 5.74) is 2.12. The van der Waals surface area contributed by atoms with Crippen LogP contribution in [0.3, 0.4) is 0 Å². The summed E-state index contributed by atoms with van der Waals surface area (Å²) in [6.07, 6.45) is 2.41. The fraction of sp³-hybridized carbons (Fsp3) is 0.714. The Morgan fingerprint density at radius 3 is 2.58 bits per heavy atom. The van der Waals surface area contributed by atoms with Crippen molar-refractivity contribution < 1.29 is 0 Å². The van der Waals surface area contributed by atoms with Gasteiger partial charge in [0.2, 0.25) is 0 Å². The average Bonchev–Trinajstić information content (AvgIpc) is 2.71. The number of aryl methyl sites for hydroxylation is 1. The molecule has 2 rings (SSSR count). The molecule has 0 atom stereocenters. The highest BCUT2D eigenvalue weighted by Crippen LogP contribution is 2.13. The van der Waals surface area contributed by atoms with Crippen molar-refractivity contribution >= 4 is 0 Å². The zero-order chi connectivity index (χ0) is 13.8. The predicted molar refractivity (Wildman–Crippen MR) is 74.5 cm³/mol. The molecule has 104 valence electrons. The van der Waals surface area contributed by atoms with Gasteiger partial charge in [-0.05, 0) is 13.8 Å². The second-order valence-electron chi connectivity index (χ2n) is 5.52. The van der Waals surface area contributed by atoms with Crippen LogP contribution in [0.25, 0.3) is 0 Å². The lowest BCUT2D eigenvalue weighted by molar-refractivity contribution is 0.103. The summed E-state index contributed by atoms with van der Waals surface area (Å²) < 4.78 is 1.81. The van der Waals surface area contributed by atoms with Crippen molar-refractivity contribution in [1.29, 1.82) is 5.26 Å². The van der Waals surface area contributed by atoms with Crippen molar-refractivity contribution in [2.24, 2.45) is 7.05 Å². The molecule has 5 nitrogen and oxygen atoms in total. The third kappa shape index (κ3) is 3.55. The lowest BCUT2D eigenvalue weighted by atomic mass is 10.1. The zero-order valence-electron chi connectivity index (χ0n) is 12.1. The van der Waals surface area contributed by atoms with Gasteiger partial charge in [0, 0.05) is 57.6 Å². The van der Waals surface area contributed by atoms with E-state index in [9.17, 15) is 0 Å². The first kappa shape index (κ1) is 14.0. The number of rotatable bonds is 4. The van der Waals surface area contributed by atoms with Gasteiger partial charge in [-0.2, -0.15) is 10.4 Å². The molecule has 1 aromatic heterocycles. The molecule has 0 radical (unpaired) electrons.